The van der Waals surface area contributed by atoms with Crippen LogP contribution in [0.5, 0.6) is 5.75 Å². The monoisotopic (exact) mass is 452 g/mol. The molecule has 3 rings (SSSR count). The number of nitrogens with zero attached hydrogens (tertiary/aromatic N) is 1. The van der Waals surface area contributed by atoms with E-state index in [2.05, 4.69) is 19.2 Å². The molecule has 32 heavy (non-hydrogen) atoms. The zero-order valence-electron chi connectivity index (χ0n) is 18.5. The van der Waals surface area contributed by atoms with Crippen molar-refractivity contribution >= 4 is 27.3 Å². The summed E-state index contributed by atoms with van der Waals surface area (Å²) in [5, 5.41) is 2.76. The van der Waals surface area contributed by atoms with Crippen molar-refractivity contribution in [2.45, 2.75) is 31.6 Å². The summed E-state index contributed by atoms with van der Waals surface area (Å²) >= 11 is 0. The van der Waals surface area contributed by atoms with Crippen LogP contribution in [0.3, 0.4) is 0 Å². The van der Waals surface area contributed by atoms with Crippen molar-refractivity contribution in [3.05, 3.63) is 84.4 Å². The number of hydrogen-bond donors (Lipinski definition) is 1. The molecule has 0 aromatic heterocycles. The van der Waals surface area contributed by atoms with Gasteiger partial charge >= 0.3 is 0 Å². The Kier molecular flexibility index (Phi) is 7.53. The molecule has 0 fully saturated rings. The summed E-state index contributed by atoms with van der Waals surface area (Å²) in [5.74, 6) is 0.566. The number of amides is 1. The average Bonchev–Trinajstić information content (AvgIpc) is 2.79. The number of hydrogen-bond acceptors (Lipinski definition) is 4. The van der Waals surface area contributed by atoms with Crippen LogP contribution < -0.4 is 14.4 Å². The van der Waals surface area contributed by atoms with Gasteiger partial charge in [0.2, 0.25) is 5.91 Å². The number of ether oxygens (including phenoxy) is 1. The fourth-order valence-electron chi connectivity index (χ4n) is 3.19. The Labute approximate surface area is 189 Å². The molecule has 0 spiro atoms. The van der Waals surface area contributed by atoms with E-state index in [-0.39, 0.29) is 11.4 Å². The average molecular weight is 453 g/mol. The fraction of sp³-hybridized carbons (Fsp3) is 0.240. The summed E-state index contributed by atoms with van der Waals surface area (Å²) in [6.07, 6.45) is 0. The van der Waals surface area contributed by atoms with Crippen LogP contribution in [0.25, 0.3) is 0 Å². The van der Waals surface area contributed by atoms with Gasteiger partial charge in [0, 0.05) is 5.69 Å². The summed E-state index contributed by atoms with van der Waals surface area (Å²) < 4.78 is 33.3. The molecule has 0 radical (unpaired) electrons. The van der Waals surface area contributed by atoms with E-state index in [1.165, 1.54) is 12.1 Å². The van der Waals surface area contributed by atoms with Gasteiger partial charge in [0.1, 0.15) is 12.3 Å². The number of rotatable bonds is 9. The minimum atomic E-state index is -3.94. The highest BCUT2D eigenvalue weighted by Gasteiger charge is 2.27. The maximum absolute atomic E-state index is 13.4. The molecule has 0 atom stereocenters. The van der Waals surface area contributed by atoms with Crippen LogP contribution in [0, 0.1) is 0 Å². The van der Waals surface area contributed by atoms with E-state index in [0.29, 0.717) is 29.6 Å². The quantitative estimate of drug-likeness (QED) is 0.493. The van der Waals surface area contributed by atoms with E-state index in [9.17, 15) is 13.2 Å². The van der Waals surface area contributed by atoms with Gasteiger partial charge in [0.05, 0.1) is 17.2 Å². The zero-order valence-corrected chi connectivity index (χ0v) is 19.3. The first kappa shape index (κ1) is 23.3. The van der Waals surface area contributed by atoms with Gasteiger partial charge in [-0.1, -0.05) is 44.2 Å². The van der Waals surface area contributed by atoms with E-state index in [4.69, 9.17) is 4.74 Å². The predicted molar refractivity (Wildman–Crippen MR) is 128 cm³/mol. The van der Waals surface area contributed by atoms with Crippen LogP contribution in [-0.2, 0) is 14.8 Å². The minimum Gasteiger partial charge on any atom is -0.494 e. The molecule has 1 amide bonds. The Morgan fingerprint density at radius 3 is 2.12 bits per heavy atom. The van der Waals surface area contributed by atoms with E-state index in [1.54, 1.807) is 54.6 Å². The Hall–Kier alpha value is -3.32. The van der Waals surface area contributed by atoms with Crippen LogP contribution in [0.1, 0.15) is 32.3 Å². The molecule has 6 nitrogen and oxygen atoms in total. The summed E-state index contributed by atoms with van der Waals surface area (Å²) in [4.78, 5) is 12.9. The SMILES string of the molecule is CCOc1ccc(NC(=O)CN(c2ccc(C(C)C)cc2)S(=O)(=O)c2ccccc2)cc1. The maximum atomic E-state index is 13.4. The van der Waals surface area contributed by atoms with Gasteiger partial charge in [-0.2, -0.15) is 0 Å². The van der Waals surface area contributed by atoms with Crippen LogP contribution in [-0.4, -0.2) is 27.5 Å². The number of carbonyl (C=O) groups excluding carboxylic acids is 1. The van der Waals surface area contributed by atoms with E-state index in [1.807, 2.05) is 19.1 Å². The third kappa shape index (κ3) is 5.68. The van der Waals surface area contributed by atoms with E-state index in [0.717, 1.165) is 9.87 Å². The van der Waals surface area contributed by atoms with Crippen LogP contribution >= 0.6 is 0 Å². The molecule has 0 heterocycles. The first-order valence-electron chi connectivity index (χ1n) is 10.5. The highest BCUT2D eigenvalue weighted by molar-refractivity contribution is 7.92. The molecule has 0 saturated heterocycles. The summed E-state index contributed by atoms with van der Waals surface area (Å²) in [7, 11) is -3.94. The Bertz CT molecular complexity index is 1130. The van der Waals surface area contributed by atoms with Crippen LogP contribution in [0.15, 0.2) is 83.8 Å². The molecule has 168 valence electrons. The van der Waals surface area contributed by atoms with Crippen molar-refractivity contribution < 1.29 is 17.9 Å². The molecular formula is C25H28N2O4S. The van der Waals surface area contributed by atoms with Gasteiger partial charge < -0.3 is 10.1 Å². The third-order valence-corrected chi connectivity index (χ3v) is 6.70. The van der Waals surface area contributed by atoms with Gasteiger partial charge in [0.25, 0.3) is 10.0 Å². The highest BCUT2D eigenvalue weighted by atomic mass is 32.2. The van der Waals surface area contributed by atoms with E-state index >= 15 is 0 Å². The van der Waals surface area contributed by atoms with Crippen molar-refractivity contribution in [2.75, 3.05) is 22.8 Å². The Morgan fingerprint density at radius 1 is 0.938 bits per heavy atom. The molecule has 0 aliphatic carbocycles. The maximum Gasteiger partial charge on any atom is 0.264 e. The number of sulfonamides is 1. The zero-order chi connectivity index (χ0) is 23.1. The molecule has 1 N–H and O–H groups in total. The minimum absolute atomic E-state index is 0.127. The summed E-state index contributed by atoms with van der Waals surface area (Å²) in [6, 6.07) is 22.3. The van der Waals surface area contributed by atoms with E-state index < -0.39 is 15.9 Å². The third-order valence-electron chi connectivity index (χ3n) is 4.92. The normalized spacial score (nSPS) is 11.2. The van der Waals surface area contributed by atoms with Crippen molar-refractivity contribution in [2.24, 2.45) is 0 Å². The van der Waals surface area contributed by atoms with Crippen LogP contribution in [0.2, 0.25) is 0 Å². The number of benzene rings is 3. The lowest BCUT2D eigenvalue weighted by atomic mass is 10.0. The summed E-state index contributed by atoms with van der Waals surface area (Å²) in [6.45, 7) is 6.22. The molecule has 3 aromatic carbocycles. The second-order valence-electron chi connectivity index (χ2n) is 7.58. The van der Waals surface area contributed by atoms with Gasteiger partial charge in [0.15, 0.2) is 0 Å². The lowest BCUT2D eigenvalue weighted by molar-refractivity contribution is -0.114. The number of nitrogens with one attached hydrogen (secondary N) is 1. The number of carbonyl (C=O) groups is 1. The predicted octanol–water partition coefficient (Wildman–Crippen LogP) is 5.04. The van der Waals surface area contributed by atoms with Crippen molar-refractivity contribution in [3.8, 4) is 5.75 Å². The lowest BCUT2D eigenvalue weighted by Crippen LogP contribution is -2.38. The lowest BCUT2D eigenvalue weighted by Gasteiger charge is -2.24. The Morgan fingerprint density at radius 2 is 1.56 bits per heavy atom. The fourth-order valence-corrected chi connectivity index (χ4v) is 4.63. The molecular weight excluding hydrogens is 424 g/mol. The number of anilines is 2. The van der Waals surface area contributed by atoms with Crippen molar-refractivity contribution in [3.63, 3.8) is 0 Å². The Balaban J connectivity index is 1.87. The molecule has 0 aliphatic heterocycles. The second kappa shape index (κ2) is 10.3. The van der Waals surface area contributed by atoms with Gasteiger partial charge in [-0.3, -0.25) is 9.10 Å². The molecule has 0 unspecified atom stereocenters. The molecule has 0 saturated carbocycles. The van der Waals surface area contributed by atoms with Crippen molar-refractivity contribution in [1.82, 2.24) is 0 Å². The molecule has 0 bridgehead atoms. The topological polar surface area (TPSA) is 75.7 Å². The first-order chi connectivity index (χ1) is 15.3. The largest absolute Gasteiger partial charge is 0.494 e. The van der Waals surface area contributed by atoms with Crippen LogP contribution in [0.4, 0.5) is 11.4 Å². The molecule has 0 aliphatic rings. The summed E-state index contributed by atoms with van der Waals surface area (Å²) in [5.41, 5.74) is 2.08. The van der Waals surface area contributed by atoms with Gasteiger partial charge in [-0.15, -0.1) is 0 Å². The van der Waals surface area contributed by atoms with Crippen molar-refractivity contribution in [1.29, 1.82) is 0 Å². The standard InChI is InChI=1S/C25H28N2O4S/c1-4-31-23-16-12-21(13-17-23)26-25(28)18-27(22-14-10-20(11-15-22)19(2)3)32(29,30)24-8-6-5-7-9-24/h5-17,19H,4,18H2,1-3H3,(H,26,28). The smallest absolute Gasteiger partial charge is 0.264 e. The second-order valence-corrected chi connectivity index (χ2v) is 9.44. The molecule has 3 aromatic rings. The van der Waals surface area contributed by atoms with Gasteiger partial charge in [-0.05, 0) is 66.9 Å². The highest BCUT2D eigenvalue weighted by Crippen LogP contribution is 2.26. The first-order valence-corrected chi connectivity index (χ1v) is 12.0. The molecule has 7 heteroatoms. The van der Waals surface area contributed by atoms with Gasteiger partial charge in [-0.25, -0.2) is 8.42 Å².